The van der Waals surface area contributed by atoms with Crippen molar-refractivity contribution in [2.75, 3.05) is 42.3 Å². The molecule has 3 rings (SSSR count). The topological polar surface area (TPSA) is 9.72 Å². The van der Waals surface area contributed by atoms with Gasteiger partial charge in [-0.1, -0.05) is 78.6 Å². The van der Waals surface area contributed by atoms with E-state index in [9.17, 15) is 0 Å². The van der Waals surface area contributed by atoms with Gasteiger partial charge >= 0.3 is 0 Å². The fourth-order valence-electron chi connectivity index (χ4n) is 4.09. The summed E-state index contributed by atoms with van der Waals surface area (Å²) in [5.74, 6) is 0. The first-order chi connectivity index (χ1) is 19.2. The minimum atomic E-state index is 0. The van der Waals surface area contributed by atoms with E-state index < -0.39 is 0 Å². The number of hydrogen-bond acceptors (Lipinski definition) is 3. The summed E-state index contributed by atoms with van der Waals surface area (Å²) >= 11 is 0. The van der Waals surface area contributed by atoms with E-state index in [0.29, 0.717) is 0 Å². The predicted octanol–water partition coefficient (Wildman–Crippen LogP) is 8.54. The maximum Gasteiger partial charge on any atom is 0.000121 e. The molecule has 3 aromatic rings. The van der Waals surface area contributed by atoms with Crippen LogP contribution in [0.1, 0.15) is 95.7 Å². The molecule has 0 heterocycles. The van der Waals surface area contributed by atoms with Crippen molar-refractivity contribution in [1.82, 2.24) is 14.7 Å². The molecule has 0 fully saturated rings. The van der Waals surface area contributed by atoms with Crippen molar-refractivity contribution in [2.24, 2.45) is 0 Å². The molecule has 0 aliphatic heterocycles. The number of hydrogen-bond donors (Lipinski definition) is 0. The third-order valence-electron chi connectivity index (χ3n) is 6.69. The van der Waals surface area contributed by atoms with E-state index in [1.54, 1.807) is 0 Å². The van der Waals surface area contributed by atoms with Crippen LogP contribution in [0.25, 0.3) is 0 Å². The monoisotopic (exact) mass is 629 g/mol. The average molecular weight is 630 g/mol. The van der Waals surface area contributed by atoms with Crippen molar-refractivity contribution in [1.29, 1.82) is 0 Å². The summed E-state index contributed by atoms with van der Waals surface area (Å²) in [6, 6.07) is 29.4. The van der Waals surface area contributed by atoms with Crippen LogP contribution >= 0.6 is 0 Å². The second-order valence-electron chi connectivity index (χ2n) is 15.3. The predicted molar refractivity (Wildman–Crippen MR) is 184 cm³/mol. The molecule has 0 aliphatic rings. The summed E-state index contributed by atoms with van der Waals surface area (Å²) in [7, 11) is 12.4. The van der Waals surface area contributed by atoms with Crippen LogP contribution in [-0.4, -0.2) is 57.0 Å². The Hall–Kier alpha value is -1.95. The Morgan fingerprint density at radius 2 is 0.628 bits per heavy atom. The summed E-state index contributed by atoms with van der Waals surface area (Å²) in [6.45, 7) is 22.9. The normalized spacial score (nSPS) is 11.9. The minimum Gasteiger partial charge on any atom is -0.307 e. The van der Waals surface area contributed by atoms with Gasteiger partial charge in [-0.2, -0.15) is 89.5 Å². The van der Waals surface area contributed by atoms with E-state index in [1.165, 1.54) is 33.4 Å². The molecule has 4 heteroatoms. The van der Waals surface area contributed by atoms with Crippen LogP contribution in [0.2, 0.25) is 0 Å². The fourth-order valence-corrected chi connectivity index (χ4v) is 4.09. The molecule has 243 valence electrons. The Balaban J connectivity index is 0.000000608. The average Bonchev–Trinajstić information content (AvgIpc) is 2.83. The van der Waals surface area contributed by atoms with Gasteiger partial charge in [0.1, 0.15) is 0 Å². The van der Waals surface area contributed by atoms with Gasteiger partial charge in [0.2, 0.25) is 0 Å². The third kappa shape index (κ3) is 17.2. The smallest absolute Gasteiger partial charge is 0.000121 e. The molecule has 3 nitrogen and oxygen atoms in total. The largest absolute Gasteiger partial charge is 0.307 e. The van der Waals surface area contributed by atoms with Crippen LogP contribution in [0.4, 0.5) is 0 Å². The molecule has 0 atom stereocenters. The summed E-state index contributed by atoms with van der Waals surface area (Å²) in [4.78, 5) is 6.47. The van der Waals surface area contributed by atoms with Crippen molar-refractivity contribution in [3.63, 3.8) is 0 Å². The SMILES string of the molecule is CN(C)Cc1[c-]cc(C(C)(C)C)cc1.CN(C)Cc1[c-]cc(C(C)(C)C)cc1.CN(C)Cc1[c-]cc(C(C)(C)C)cc1.[Co]. The second kappa shape index (κ2) is 18.1. The first kappa shape index (κ1) is 41.0. The van der Waals surface area contributed by atoms with E-state index in [4.69, 9.17) is 0 Å². The molecular formula is C39H60CoN3-3. The Morgan fingerprint density at radius 1 is 0.419 bits per heavy atom. The third-order valence-corrected chi connectivity index (χ3v) is 6.69. The van der Waals surface area contributed by atoms with Crippen LogP contribution in [-0.2, 0) is 52.7 Å². The summed E-state index contributed by atoms with van der Waals surface area (Å²) in [5, 5.41) is 0. The molecule has 0 bridgehead atoms. The standard InChI is InChI=1S/3C13H20N.Co/c3*1-13(2,3)12-8-6-11(7-9-12)10-14(4)5;/h3*6,8-9H,10H2,1-5H3;/q3*-1;. The van der Waals surface area contributed by atoms with E-state index in [2.05, 4.69) is 192 Å². The molecule has 0 aromatic heterocycles. The number of rotatable bonds is 6. The van der Waals surface area contributed by atoms with Gasteiger partial charge in [0, 0.05) is 36.4 Å². The van der Waals surface area contributed by atoms with Gasteiger partial charge in [-0.25, -0.2) is 0 Å². The maximum atomic E-state index is 3.33. The van der Waals surface area contributed by atoms with Crippen molar-refractivity contribution in [3.8, 4) is 0 Å². The van der Waals surface area contributed by atoms with Crippen molar-refractivity contribution in [2.45, 2.75) is 98.2 Å². The molecule has 0 spiro atoms. The van der Waals surface area contributed by atoms with Gasteiger partial charge in [0.25, 0.3) is 0 Å². The van der Waals surface area contributed by atoms with Gasteiger partial charge < -0.3 is 14.7 Å². The molecular weight excluding hydrogens is 569 g/mol. The second-order valence-corrected chi connectivity index (χ2v) is 15.3. The Kier molecular flexibility index (Phi) is 17.3. The van der Waals surface area contributed by atoms with Gasteiger partial charge in [0.05, 0.1) is 0 Å². The van der Waals surface area contributed by atoms with E-state index in [-0.39, 0.29) is 33.0 Å². The first-order valence-corrected chi connectivity index (χ1v) is 15.2. The molecule has 0 N–H and O–H groups in total. The minimum absolute atomic E-state index is 0. The molecule has 0 unspecified atom stereocenters. The molecule has 0 saturated heterocycles. The zero-order valence-corrected chi connectivity index (χ0v) is 31.0. The Bertz CT molecular complexity index is 989. The van der Waals surface area contributed by atoms with Crippen molar-refractivity contribution < 1.29 is 16.8 Å². The number of nitrogens with zero attached hydrogens (tertiary/aromatic N) is 3. The van der Waals surface area contributed by atoms with Gasteiger partial charge in [-0.15, -0.1) is 16.7 Å². The van der Waals surface area contributed by atoms with Crippen LogP contribution in [0, 0.1) is 18.2 Å². The van der Waals surface area contributed by atoms with Gasteiger partial charge in [0.15, 0.2) is 0 Å². The van der Waals surface area contributed by atoms with E-state index in [1.807, 2.05) is 0 Å². The Labute approximate surface area is 277 Å². The quantitative estimate of drug-likeness (QED) is 0.253. The summed E-state index contributed by atoms with van der Waals surface area (Å²) in [6.07, 6.45) is 0. The Morgan fingerprint density at radius 3 is 0.744 bits per heavy atom. The van der Waals surface area contributed by atoms with E-state index >= 15 is 0 Å². The van der Waals surface area contributed by atoms with Crippen LogP contribution in [0.15, 0.2) is 54.6 Å². The molecule has 0 aliphatic carbocycles. The van der Waals surface area contributed by atoms with Gasteiger partial charge in [-0.05, 0) is 42.3 Å². The molecule has 0 saturated carbocycles. The summed E-state index contributed by atoms with van der Waals surface area (Å²) in [5.41, 5.74) is 8.49. The number of benzene rings is 3. The van der Waals surface area contributed by atoms with Crippen LogP contribution in [0.5, 0.6) is 0 Å². The fraction of sp³-hybridized carbons (Fsp3) is 0.538. The van der Waals surface area contributed by atoms with Crippen LogP contribution < -0.4 is 0 Å². The molecule has 43 heavy (non-hydrogen) atoms. The van der Waals surface area contributed by atoms with Crippen LogP contribution in [0.3, 0.4) is 0 Å². The zero-order valence-electron chi connectivity index (χ0n) is 30.0. The maximum absolute atomic E-state index is 3.33. The van der Waals surface area contributed by atoms with Gasteiger partial charge in [-0.3, -0.25) is 0 Å². The zero-order chi connectivity index (χ0) is 32.3. The van der Waals surface area contributed by atoms with Crippen molar-refractivity contribution in [3.05, 3.63) is 106 Å². The van der Waals surface area contributed by atoms with E-state index in [0.717, 1.165) is 19.6 Å². The molecule has 0 amide bonds. The van der Waals surface area contributed by atoms with Crippen molar-refractivity contribution >= 4 is 0 Å². The molecule has 3 aromatic carbocycles. The summed E-state index contributed by atoms with van der Waals surface area (Å²) < 4.78 is 0. The first-order valence-electron chi connectivity index (χ1n) is 15.2. The molecule has 1 radical (unpaired) electrons.